The Morgan fingerprint density at radius 1 is 1.18 bits per heavy atom. The fourth-order valence-corrected chi connectivity index (χ4v) is 3.05. The molecule has 22 heavy (non-hydrogen) atoms. The summed E-state index contributed by atoms with van der Waals surface area (Å²) in [6.07, 6.45) is 1.82. The second-order valence-electron chi connectivity index (χ2n) is 5.83. The third-order valence-corrected chi connectivity index (χ3v) is 4.20. The largest absolute Gasteiger partial charge is 0.312 e. The molecule has 1 amide bonds. The van der Waals surface area contributed by atoms with Gasteiger partial charge in [0, 0.05) is 17.9 Å². The first kappa shape index (κ1) is 14.7. The minimum absolute atomic E-state index is 0.141. The van der Waals surface area contributed by atoms with Gasteiger partial charge in [0.05, 0.1) is 11.6 Å². The minimum Gasteiger partial charge on any atom is -0.312 e. The molecule has 1 aliphatic heterocycles. The maximum absolute atomic E-state index is 12.7. The molecule has 0 N–H and O–H groups in total. The number of benzene rings is 1. The molecular weight excluding hydrogens is 274 g/mol. The van der Waals surface area contributed by atoms with Gasteiger partial charge in [0.15, 0.2) is 0 Å². The number of carbonyl (C=O) groups excluding carboxylic acids is 1. The van der Waals surface area contributed by atoms with Crippen LogP contribution >= 0.6 is 0 Å². The van der Waals surface area contributed by atoms with Crippen molar-refractivity contribution in [2.24, 2.45) is 0 Å². The molecule has 4 nitrogen and oxygen atoms in total. The molecule has 4 heteroatoms. The highest BCUT2D eigenvalue weighted by atomic mass is 16.2. The number of aromatic nitrogens is 2. The molecule has 0 radical (unpaired) electrons. The van der Waals surface area contributed by atoms with Crippen LogP contribution in [-0.4, -0.2) is 22.4 Å². The van der Waals surface area contributed by atoms with Gasteiger partial charge in [-0.25, -0.2) is 9.97 Å². The normalized spacial score (nSPS) is 18.0. The van der Waals surface area contributed by atoms with Crippen LogP contribution in [0.4, 0.5) is 5.69 Å². The van der Waals surface area contributed by atoms with Crippen molar-refractivity contribution < 1.29 is 4.79 Å². The number of amides is 1. The number of carbonyl (C=O) groups is 1. The second-order valence-corrected chi connectivity index (χ2v) is 5.83. The first-order chi connectivity index (χ1) is 10.6. The quantitative estimate of drug-likeness (QED) is 0.873. The van der Waals surface area contributed by atoms with Gasteiger partial charge < -0.3 is 4.90 Å². The van der Waals surface area contributed by atoms with Crippen LogP contribution in [-0.2, 0) is 11.2 Å². The summed E-state index contributed by atoms with van der Waals surface area (Å²) in [5.41, 5.74) is 4.03. The van der Waals surface area contributed by atoms with Crippen molar-refractivity contribution in [2.45, 2.75) is 39.5 Å². The zero-order valence-electron chi connectivity index (χ0n) is 13.3. The van der Waals surface area contributed by atoms with Crippen molar-refractivity contribution in [1.29, 1.82) is 0 Å². The molecule has 114 valence electrons. The molecule has 2 heterocycles. The lowest BCUT2D eigenvalue weighted by atomic mass is 10.0. The molecule has 0 aliphatic carbocycles. The molecule has 1 aliphatic rings. The highest BCUT2D eigenvalue weighted by Gasteiger charge is 2.34. The summed E-state index contributed by atoms with van der Waals surface area (Å²) >= 11 is 0. The van der Waals surface area contributed by atoms with Gasteiger partial charge in [0.25, 0.3) is 0 Å². The fraction of sp³-hybridized carbons (Fsp3) is 0.389. The van der Waals surface area contributed by atoms with E-state index in [-0.39, 0.29) is 11.8 Å². The van der Waals surface area contributed by atoms with Gasteiger partial charge in [0.2, 0.25) is 5.91 Å². The van der Waals surface area contributed by atoms with E-state index in [1.165, 1.54) is 5.56 Å². The van der Waals surface area contributed by atoms with E-state index in [1.54, 1.807) is 0 Å². The van der Waals surface area contributed by atoms with Gasteiger partial charge in [-0.1, -0.05) is 19.1 Å². The van der Waals surface area contributed by atoms with Crippen LogP contribution in [0.1, 0.15) is 42.0 Å². The van der Waals surface area contributed by atoms with E-state index in [9.17, 15) is 4.79 Å². The van der Waals surface area contributed by atoms with Crippen molar-refractivity contribution in [1.82, 2.24) is 9.97 Å². The van der Waals surface area contributed by atoms with Crippen molar-refractivity contribution in [2.75, 3.05) is 11.4 Å². The Morgan fingerprint density at radius 2 is 1.91 bits per heavy atom. The number of aryl methyl sites for hydroxylation is 3. The topological polar surface area (TPSA) is 46.1 Å². The summed E-state index contributed by atoms with van der Waals surface area (Å²) in [4.78, 5) is 23.4. The molecule has 1 atom stereocenters. The lowest BCUT2D eigenvalue weighted by Crippen LogP contribution is -2.26. The predicted octanol–water partition coefficient (Wildman–Crippen LogP) is 3.18. The van der Waals surface area contributed by atoms with Gasteiger partial charge in [0.1, 0.15) is 5.82 Å². The molecule has 1 aromatic heterocycles. The summed E-state index contributed by atoms with van der Waals surface area (Å²) in [7, 11) is 0. The maximum atomic E-state index is 12.7. The van der Waals surface area contributed by atoms with Gasteiger partial charge in [-0.05, 0) is 50.5 Å². The average Bonchev–Trinajstić information content (AvgIpc) is 2.88. The Labute approximate surface area is 131 Å². The van der Waals surface area contributed by atoms with Crippen LogP contribution in [0.2, 0.25) is 0 Å². The molecule has 1 fully saturated rings. The summed E-state index contributed by atoms with van der Waals surface area (Å²) in [5, 5.41) is 0. The summed E-state index contributed by atoms with van der Waals surface area (Å²) in [6, 6.07) is 10.2. The van der Waals surface area contributed by atoms with Crippen LogP contribution in [0.3, 0.4) is 0 Å². The van der Waals surface area contributed by atoms with Gasteiger partial charge in [-0.2, -0.15) is 0 Å². The summed E-state index contributed by atoms with van der Waals surface area (Å²) in [6.45, 7) is 6.69. The molecule has 0 bridgehead atoms. The number of hydrogen-bond acceptors (Lipinski definition) is 3. The third kappa shape index (κ3) is 2.73. The Morgan fingerprint density at radius 3 is 2.55 bits per heavy atom. The van der Waals surface area contributed by atoms with E-state index in [4.69, 9.17) is 0 Å². The number of rotatable bonds is 3. The molecule has 3 rings (SSSR count). The first-order valence-corrected chi connectivity index (χ1v) is 7.81. The highest BCUT2D eigenvalue weighted by molar-refractivity contribution is 6.00. The zero-order valence-corrected chi connectivity index (χ0v) is 13.3. The summed E-state index contributed by atoms with van der Waals surface area (Å²) < 4.78 is 0. The van der Waals surface area contributed by atoms with Crippen LogP contribution in [0.5, 0.6) is 0 Å². The molecule has 1 saturated heterocycles. The van der Waals surface area contributed by atoms with Crippen LogP contribution < -0.4 is 4.90 Å². The van der Waals surface area contributed by atoms with Crippen molar-refractivity contribution in [3.05, 3.63) is 53.1 Å². The molecule has 1 aromatic carbocycles. The molecular formula is C18H21N3O. The van der Waals surface area contributed by atoms with E-state index in [1.807, 2.05) is 36.9 Å². The molecule has 0 saturated carbocycles. The number of nitrogens with zero attached hydrogens (tertiary/aromatic N) is 3. The lowest BCUT2D eigenvalue weighted by Gasteiger charge is -2.17. The maximum Gasteiger partial charge on any atom is 0.236 e. The standard InChI is InChI=1S/C18H21N3O/c1-4-14-5-7-15(8-6-14)21-10-9-16(18(21)22)17-11-12(2)19-13(3)20-17/h5-8,11,16H,4,9-10H2,1-3H3. The SMILES string of the molecule is CCc1ccc(N2CCC(c3cc(C)nc(C)n3)C2=O)cc1. The van der Waals surface area contributed by atoms with Gasteiger partial charge in [-0.3, -0.25) is 4.79 Å². The summed E-state index contributed by atoms with van der Waals surface area (Å²) in [5.74, 6) is 0.724. The van der Waals surface area contributed by atoms with E-state index in [2.05, 4.69) is 29.0 Å². The van der Waals surface area contributed by atoms with Crippen LogP contribution in [0.25, 0.3) is 0 Å². The zero-order chi connectivity index (χ0) is 15.7. The fourth-order valence-electron chi connectivity index (χ4n) is 3.05. The number of hydrogen-bond donors (Lipinski definition) is 0. The average molecular weight is 295 g/mol. The first-order valence-electron chi connectivity index (χ1n) is 7.81. The Kier molecular flexibility index (Phi) is 3.92. The molecule has 0 spiro atoms. The van der Waals surface area contributed by atoms with Crippen LogP contribution in [0.15, 0.2) is 30.3 Å². The molecule has 2 aromatic rings. The Bertz CT molecular complexity index is 674. The van der Waals surface area contributed by atoms with Crippen LogP contribution in [0, 0.1) is 13.8 Å². The van der Waals surface area contributed by atoms with Gasteiger partial charge >= 0.3 is 0 Å². The van der Waals surface area contributed by atoms with E-state index >= 15 is 0 Å². The van der Waals surface area contributed by atoms with Crippen molar-refractivity contribution in [3.8, 4) is 0 Å². The van der Waals surface area contributed by atoms with Crippen molar-refractivity contribution >= 4 is 11.6 Å². The minimum atomic E-state index is -0.147. The Hall–Kier alpha value is -2.23. The monoisotopic (exact) mass is 295 g/mol. The lowest BCUT2D eigenvalue weighted by molar-refractivity contribution is -0.118. The van der Waals surface area contributed by atoms with E-state index in [0.29, 0.717) is 0 Å². The van der Waals surface area contributed by atoms with E-state index in [0.717, 1.165) is 42.3 Å². The second kappa shape index (κ2) is 5.87. The number of anilines is 1. The predicted molar refractivity (Wildman–Crippen MR) is 87.0 cm³/mol. The Balaban J connectivity index is 1.84. The smallest absolute Gasteiger partial charge is 0.236 e. The van der Waals surface area contributed by atoms with E-state index < -0.39 is 0 Å². The molecule has 1 unspecified atom stereocenters. The third-order valence-electron chi connectivity index (χ3n) is 4.20. The van der Waals surface area contributed by atoms with Gasteiger partial charge in [-0.15, -0.1) is 0 Å². The highest BCUT2D eigenvalue weighted by Crippen LogP contribution is 2.31. The van der Waals surface area contributed by atoms with Crippen molar-refractivity contribution in [3.63, 3.8) is 0 Å².